The highest BCUT2D eigenvalue weighted by atomic mass is 19.1. The molecule has 0 amide bonds. The number of nitrogens with two attached hydrogens (primary N) is 1. The number of rotatable bonds is 6. The average molecular weight is 289 g/mol. The minimum absolute atomic E-state index is 0.237. The summed E-state index contributed by atoms with van der Waals surface area (Å²) in [5.74, 6) is 1.11. The quantitative estimate of drug-likeness (QED) is 0.884. The summed E-state index contributed by atoms with van der Waals surface area (Å²) in [5, 5.41) is 0. The van der Waals surface area contributed by atoms with Gasteiger partial charge in [0.1, 0.15) is 12.4 Å². The first kappa shape index (κ1) is 15.3. The molecule has 0 aliphatic heterocycles. The third-order valence-electron chi connectivity index (χ3n) is 3.23. The first-order valence-corrected chi connectivity index (χ1v) is 6.97. The second-order valence-corrected chi connectivity index (χ2v) is 4.78. The van der Waals surface area contributed by atoms with Crippen LogP contribution in [0, 0.1) is 12.7 Å². The van der Waals surface area contributed by atoms with Crippen molar-refractivity contribution in [2.75, 3.05) is 6.61 Å². The minimum atomic E-state index is -0.237. The van der Waals surface area contributed by atoms with Crippen molar-refractivity contribution >= 4 is 0 Å². The van der Waals surface area contributed by atoms with Gasteiger partial charge >= 0.3 is 0 Å². The van der Waals surface area contributed by atoms with E-state index in [0.717, 1.165) is 16.7 Å². The molecule has 0 aliphatic carbocycles. The second-order valence-electron chi connectivity index (χ2n) is 4.78. The number of hydrogen-bond donors (Lipinski definition) is 1. The summed E-state index contributed by atoms with van der Waals surface area (Å²) in [4.78, 5) is 0. The van der Waals surface area contributed by atoms with Crippen LogP contribution in [-0.2, 0) is 13.2 Å². The maximum atomic E-state index is 13.1. The number of benzene rings is 2. The van der Waals surface area contributed by atoms with E-state index in [2.05, 4.69) is 0 Å². The van der Waals surface area contributed by atoms with Crippen molar-refractivity contribution in [3.05, 3.63) is 58.9 Å². The lowest BCUT2D eigenvalue weighted by Crippen LogP contribution is -2.03. The molecule has 2 aromatic rings. The van der Waals surface area contributed by atoms with E-state index in [0.29, 0.717) is 31.3 Å². The van der Waals surface area contributed by atoms with Crippen molar-refractivity contribution < 1.29 is 13.9 Å². The van der Waals surface area contributed by atoms with Crippen LogP contribution in [0.15, 0.2) is 36.4 Å². The van der Waals surface area contributed by atoms with Crippen LogP contribution in [0.4, 0.5) is 4.39 Å². The Bertz CT molecular complexity index is 614. The summed E-state index contributed by atoms with van der Waals surface area (Å²) in [6.07, 6.45) is 0. The molecule has 0 heterocycles. The van der Waals surface area contributed by atoms with Crippen molar-refractivity contribution in [3.8, 4) is 11.5 Å². The van der Waals surface area contributed by atoms with E-state index in [4.69, 9.17) is 15.2 Å². The van der Waals surface area contributed by atoms with E-state index in [1.807, 2.05) is 32.0 Å². The van der Waals surface area contributed by atoms with Crippen LogP contribution < -0.4 is 15.2 Å². The Hall–Kier alpha value is -2.07. The van der Waals surface area contributed by atoms with Crippen LogP contribution in [-0.4, -0.2) is 6.61 Å². The highest BCUT2D eigenvalue weighted by Crippen LogP contribution is 2.29. The highest BCUT2D eigenvalue weighted by Gasteiger charge is 2.08. The molecule has 2 N–H and O–H groups in total. The van der Waals surface area contributed by atoms with Gasteiger partial charge in [-0.05, 0) is 54.8 Å². The maximum absolute atomic E-state index is 13.1. The van der Waals surface area contributed by atoms with Gasteiger partial charge in [-0.1, -0.05) is 12.1 Å². The summed E-state index contributed by atoms with van der Waals surface area (Å²) >= 11 is 0. The maximum Gasteiger partial charge on any atom is 0.161 e. The standard InChI is InChI=1S/C17H20FNO2/c1-3-20-17-9-13(10-19)4-7-16(17)21-11-14-5-6-15(18)8-12(14)2/h4-9H,3,10-11,19H2,1-2H3. The fourth-order valence-corrected chi connectivity index (χ4v) is 2.04. The zero-order valence-corrected chi connectivity index (χ0v) is 12.4. The molecule has 3 nitrogen and oxygen atoms in total. The van der Waals surface area contributed by atoms with Gasteiger partial charge in [0.25, 0.3) is 0 Å². The smallest absolute Gasteiger partial charge is 0.161 e. The zero-order chi connectivity index (χ0) is 15.2. The van der Waals surface area contributed by atoms with E-state index in [1.165, 1.54) is 12.1 Å². The van der Waals surface area contributed by atoms with Crippen molar-refractivity contribution in [2.24, 2.45) is 5.73 Å². The molecule has 0 unspecified atom stereocenters. The molecule has 0 atom stereocenters. The van der Waals surface area contributed by atoms with E-state index >= 15 is 0 Å². The monoisotopic (exact) mass is 289 g/mol. The van der Waals surface area contributed by atoms with Gasteiger partial charge in [0.2, 0.25) is 0 Å². The van der Waals surface area contributed by atoms with Gasteiger partial charge in [0, 0.05) is 6.54 Å². The lowest BCUT2D eigenvalue weighted by molar-refractivity contribution is 0.268. The number of ether oxygens (including phenoxy) is 2. The van der Waals surface area contributed by atoms with Crippen LogP contribution in [0.5, 0.6) is 11.5 Å². The third kappa shape index (κ3) is 3.95. The highest BCUT2D eigenvalue weighted by molar-refractivity contribution is 5.43. The predicted octanol–water partition coefficient (Wildman–Crippen LogP) is 3.57. The average Bonchev–Trinajstić information content (AvgIpc) is 2.47. The van der Waals surface area contributed by atoms with Gasteiger partial charge < -0.3 is 15.2 Å². The van der Waals surface area contributed by atoms with Crippen molar-refractivity contribution in [2.45, 2.75) is 27.0 Å². The molecule has 0 fully saturated rings. The molecule has 0 aromatic heterocycles. The molecule has 0 saturated heterocycles. The Balaban J connectivity index is 2.15. The van der Waals surface area contributed by atoms with Crippen LogP contribution in [0.1, 0.15) is 23.6 Å². The van der Waals surface area contributed by atoms with E-state index in [9.17, 15) is 4.39 Å². The number of halogens is 1. The van der Waals surface area contributed by atoms with Crippen molar-refractivity contribution in [3.63, 3.8) is 0 Å². The molecular weight excluding hydrogens is 269 g/mol. The van der Waals surface area contributed by atoms with Gasteiger partial charge in [0.15, 0.2) is 11.5 Å². The fraction of sp³-hybridized carbons (Fsp3) is 0.294. The lowest BCUT2D eigenvalue weighted by atomic mass is 10.1. The largest absolute Gasteiger partial charge is 0.490 e. The summed E-state index contributed by atoms with van der Waals surface area (Å²) in [6, 6.07) is 10.3. The van der Waals surface area contributed by atoms with E-state index < -0.39 is 0 Å². The second kappa shape index (κ2) is 7.09. The zero-order valence-electron chi connectivity index (χ0n) is 12.4. The number of aryl methyl sites for hydroxylation is 1. The summed E-state index contributed by atoms with van der Waals surface area (Å²) in [6.45, 7) is 5.16. The van der Waals surface area contributed by atoms with Gasteiger partial charge in [-0.15, -0.1) is 0 Å². The lowest BCUT2D eigenvalue weighted by Gasteiger charge is -2.14. The molecule has 0 aliphatic rings. The van der Waals surface area contributed by atoms with Gasteiger partial charge in [-0.3, -0.25) is 0 Å². The SMILES string of the molecule is CCOc1cc(CN)ccc1OCc1ccc(F)cc1C. The Morgan fingerprint density at radius 1 is 1.05 bits per heavy atom. The van der Waals surface area contributed by atoms with Crippen LogP contribution in [0.25, 0.3) is 0 Å². The molecule has 0 bridgehead atoms. The van der Waals surface area contributed by atoms with E-state index in [-0.39, 0.29) is 5.82 Å². The van der Waals surface area contributed by atoms with Gasteiger partial charge in [-0.25, -0.2) is 4.39 Å². The van der Waals surface area contributed by atoms with Crippen LogP contribution in [0.2, 0.25) is 0 Å². The topological polar surface area (TPSA) is 44.5 Å². The Kier molecular flexibility index (Phi) is 5.17. The minimum Gasteiger partial charge on any atom is -0.490 e. The first-order valence-electron chi connectivity index (χ1n) is 6.97. The summed E-state index contributed by atoms with van der Waals surface area (Å²) in [7, 11) is 0. The number of hydrogen-bond acceptors (Lipinski definition) is 3. The predicted molar refractivity (Wildman–Crippen MR) is 81.0 cm³/mol. The molecule has 112 valence electrons. The molecule has 4 heteroatoms. The van der Waals surface area contributed by atoms with Crippen molar-refractivity contribution in [1.29, 1.82) is 0 Å². The van der Waals surface area contributed by atoms with Crippen LogP contribution >= 0.6 is 0 Å². The molecule has 2 rings (SSSR count). The molecule has 0 saturated carbocycles. The molecule has 2 aromatic carbocycles. The van der Waals surface area contributed by atoms with E-state index in [1.54, 1.807) is 6.07 Å². The van der Waals surface area contributed by atoms with Gasteiger partial charge in [0.05, 0.1) is 6.61 Å². The van der Waals surface area contributed by atoms with Crippen molar-refractivity contribution in [1.82, 2.24) is 0 Å². The fourth-order valence-electron chi connectivity index (χ4n) is 2.04. The van der Waals surface area contributed by atoms with Gasteiger partial charge in [-0.2, -0.15) is 0 Å². The normalized spacial score (nSPS) is 10.5. The Labute approximate surface area is 124 Å². The van der Waals surface area contributed by atoms with Crippen LogP contribution in [0.3, 0.4) is 0 Å². The summed E-state index contributed by atoms with van der Waals surface area (Å²) < 4.78 is 24.5. The summed E-state index contributed by atoms with van der Waals surface area (Å²) in [5.41, 5.74) is 8.43. The molecule has 0 spiro atoms. The third-order valence-corrected chi connectivity index (χ3v) is 3.23. The molecule has 21 heavy (non-hydrogen) atoms. The Morgan fingerprint density at radius 3 is 2.52 bits per heavy atom. The first-order chi connectivity index (χ1) is 10.1. The molecular formula is C17H20FNO2. The molecule has 0 radical (unpaired) electrons. The Morgan fingerprint density at radius 2 is 1.86 bits per heavy atom.